The number of amides is 1. The molecule has 0 aliphatic carbocycles. The first-order chi connectivity index (χ1) is 10.1. The smallest absolute Gasteiger partial charge is 0.237 e. The van der Waals surface area contributed by atoms with Gasteiger partial charge in [0.15, 0.2) is 11.5 Å². The Hall–Kier alpha value is -1.53. The summed E-state index contributed by atoms with van der Waals surface area (Å²) < 4.78 is 24.4. The highest BCUT2D eigenvalue weighted by Crippen LogP contribution is 2.32. The second kappa shape index (κ2) is 8.19. The number of rotatable bonds is 5. The zero-order valence-electron chi connectivity index (χ0n) is 12.9. The number of methoxy groups -OCH3 is 2. The molecular weight excluding hydrogens is 311 g/mol. The molecule has 7 heteroatoms. The highest BCUT2D eigenvalue weighted by Gasteiger charge is 2.24. The van der Waals surface area contributed by atoms with Crippen molar-refractivity contribution in [1.82, 2.24) is 10.6 Å². The van der Waals surface area contributed by atoms with Crippen LogP contribution in [-0.2, 0) is 4.79 Å². The van der Waals surface area contributed by atoms with Gasteiger partial charge in [0.1, 0.15) is 5.82 Å². The van der Waals surface area contributed by atoms with Crippen LogP contribution >= 0.6 is 12.4 Å². The monoisotopic (exact) mass is 332 g/mol. The Bertz CT molecular complexity index is 522. The number of benzene rings is 1. The van der Waals surface area contributed by atoms with Crippen molar-refractivity contribution in [3.05, 3.63) is 23.5 Å². The molecule has 1 aromatic rings. The summed E-state index contributed by atoms with van der Waals surface area (Å²) in [7, 11) is 2.94. The molecule has 1 saturated heterocycles. The molecule has 2 atom stereocenters. The van der Waals surface area contributed by atoms with Crippen molar-refractivity contribution in [3.8, 4) is 11.5 Å². The summed E-state index contributed by atoms with van der Waals surface area (Å²) in [5, 5.41) is 5.95. The second-order valence-electron chi connectivity index (χ2n) is 5.11. The minimum atomic E-state index is -0.445. The van der Waals surface area contributed by atoms with Crippen LogP contribution in [0.3, 0.4) is 0 Å². The van der Waals surface area contributed by atoms with Crippen molar-refractivity contribution in [1.29, 1.82) is 0 Å². The van der Waals surface area contributed by atoms with Gasteiger partial charge >= 0.3 is 0 Å². The van der Waals surface area contributed by atoms with Crippen LogP contribution in [0, 0.1) is 5.82 Å². The first-order valence-corrected chi connectivity index (χ1v) is 7.02. The summed E-state index contributed by atoms with van der Waals surface area (Å²) in [6.45, 7) is 2.59. The molecule has 22 heavy (non-hydrogen) atoms. The number of hydrogen-bond acceptors (Lipinski definition) is 4. The number of nitrogens with one attached hydrogen (secondary N) is 2. The molecule has 2 N–H and O–H groups in total. The number of carbonyl (C=O) groups is 1. The molecule has 0 radical (unpaired) electrons. The van der Waals surface area contributed by atoms with Gasteiger partial charge in [0.25, 0.3) is 0 Å². The first kappa shape index (κ1) is 18.5. The fourth-order valence-electron chi connectivity index (χ4n) is 2.50. The van der Waals surface area contributed by atoms with Gasteiger partial charge in [-0.05, 0) is 32.4 Å². The average Bonchev–Trinajstić information content (AvgIpc) is 3.00. The third-order valence-corrected chi connectivity index (χ3v) is 3.70. The van der Waals surface area contributed by atoms with Crippen LogP contribution in [-0.4, -0.2) is 32.7 Å². The molecule has 2 rings (SSSR count). The van der Waals surface area contributed by atoms with Gasteiger partial charge in [-0.2, -0.15) is 0 Å². The SMILES string of the molecule is COc1cc(F)c(C(C)NC(=O)C2CCCN2)cc1OC.Cl. The lowest BCUT2D eigenvalue weighted by molar-refractivity contribution is -0.123. The summed E-state index contributed by atoms with van der Waals surface area (Å²) in [4.78, 5) is 12.1. The molecule has 1 aromatic carbocycles. The Morgan fingerprint density at radius 3 is 2.55 bits per heavy atom. The Balaban J connectivity index is 0.00000242. The Morgan fingerprint density at radius 1 is 1.36 bits per heavy atom. The third-order valence-electron chi connectivity index (χ3n) is 3.70. The Morgan fingerprint density at radius 2 is 2.00 bits per heavy atom. The van der Waals surface area contributed by atoms with Crippen molar-refractivity contribution in [2.45, 2.75) is 31.8 Å². The van der Waals surface area contributed by atoms with E-state index < -0.39 is 11.9 Å². The zero-order valence-corrected chi connectivity index (χ0v) is 13.8. The number of ether oxygens (including phenoxy) is 2. The minimum absolute atomic E-state index is 0. The Kier molecular flexibility index (Phi) is 6.90. The quantitative estimate of drug-likeness (QED) is 0.868. The molecule has 0 bridgehead atoms. The van der Waals surface area contributed by atoms with Crippen molar-refractivity contribution < 1.29 is 18.7 Å². The summed E-state index contributed by atoms with van der Waals surface area (Å²) in [6.07, 6.45) is 1.80. The average molecular weight is 333 g/mol. The second-order valence-corrected chi connectivity index (χ2v) is 5.11. The largest absolute Gasteiger partial charge is 0.493 e. The van der Waals surface area contributed by atoms with E-state index in [0.29, 0.717) is 17.1 Å². The molecule has 0 aromatic heterocycles. The van der Waals surface area contributed by atoms with E-state index in [2.05, 4.69) is 10.6 Å². The van der Waals surface area contributed by atoms with Crippen LogP contribution in [0.1, 0.15) is 31.4 Å². The van der Waals surface area contributed by atoms with E-state index in [9.17, 15) is 9.18 Å². The summed E-state index contributed by atoms with van der Waals surface area (Å²) in [6, 6.07) is 2.20. The number of carbonyl (C=O) groups excluding carboxylic acids is 1. The molecule has 1 amide bonds. The maximum atomic E-state index is 14.1. The van der Waals surface area contributed by atoms with Crippen LogP contribution in [0.25, 0.3) is 0 Å². The molecule has 0 spiro atoms. The lowest BCUT2D eigenvalue weighted by Crippen LogP contribution is -2.41. The molecular formula is C15H22ClFN2O3. The number of halogens is 2. The molecule has 1 fully saturated rings. The van der Waals surface area contributed by atoms with Gasteiger partial charge in [-0.3, -0.25) is 4.79 Å². The summed E-state index contributed by atoms with van der Waals surface area (Å²) in [5.41, 5.74) is 0.374. The van der Waals surface area contributed by atoms with Crippen molar-refractivity contribution in [2.24, 2.45) is 0 Å². The highest BCUT2D eigenvalue weighted by molar-refractivity contribution is 5.85. The van der Waals surface area contributed by atoms with Crippen molar-refractivity contribution in [2.75, 3.05) is 20.8 Å². The van der Waals surface area contributed by atoms with Crippen LogP contribution in [0.2, 0.25) is 0 Å². The molecule has 124 valence electrons. The predicted molar refractivity (Wildman–Crippen MR) is 84.3 cm³/mol. The van der Waals surface area contributed by atoms with Crippen molar-refractivity contribution >= 4 is 18.3 Å². The minimum Gasteiger partial charge on any atom is -0.493 e. The normalized spacial score (nSPS) is 18.3. The summed E-state index contributed by atoms with van der Waals surface area (Å²) in [5.74, 6) is 0.234. The molecule has 1 heterocycles. The summed E-state index contributed by atoms with van der Waals surface area (Å²) >= 11 is 0. The zero-order chi connectivity index (χ0) is 15.4. The standard InChI is InChI=1S/C15H21FN2O3.ClH/c1-9(18-15(19)12-5-4-6-17-12)10-7-13(20-2)14(21-3)8-11(10)16;/h7-9,12,17H,4-6H2,1-3H3,(H,18,19);1H. The molecule has 1 aliphatic heterocycles. The van der Waals surface area contributed by atoms with Gasteiger partial charge in [0, 0.05) is 11.6 Å². The van der Waals surface area contributed by atoms with Crippen molar-refractivity contribution in [3.63, 3.8) is 0 Å². The van der Waals surface area contributed by atoms with Gasteiger partial charge < -0.3 is 20.1 Å². The third kappa shape index (κ3) is 4.01. The van der Waals surface area contributed by atoms with Gasteiger partial charge in [-0.1, -0.05) is 0 Å². The van der Waals surface area contributed by atoms with Crippen LogP contribution < -0.4 is 20.1 Å². The topological polar surface area (TPSA) is 59.6 Å². The van der Waals surface area contributed by atoms with Gasteiger partial charge in [-0.15, -0.1) is 12.4 Å². The van der Waals surface area contributed by atoms with E-state index in [0.717, 1.165) is 19.4 Å². The van der Waals surface area contributed by atoms with Crippen LogP contribution in [0.4, 0.5) is 4.39 Å². The molecule has 5 nitrogen and oxygen atoms in total. The van der Waals surface area contributed by atoms with E-state index in [1.54, 1.807) is 13.0 Å². The lowest BCUT2D eigenvalue weighted by atomic mass is 10.1. The fourth-order valence-corrected chi connectivity index (χ4v) is 2.50. The van der Waals surface area contributed by atoms with Crippen LogP contribution in [0.15, 0.2) is 12.1 Å². The van der Waals surface area contributed by atoms with Crippen LogP contribution in [0.5, 0.6) is 11.5 Å². The van der Waals surface area contributed by atoms with E-state index in [4.69, 9.17) is 9.47 Å². The number of hydrogen-bond donors (Lipinski definition) is 2. The lowest BCUT2D eigenvalue weighted by Gasteiger charge is -2.19. The maximum absolute atomic E-state index is 14.1. The predicted octanol–water partition coefficient (Wildman–Crippen LogP) is 2.19. The molecule has 2 unspecified atom stereocenters. The van der Waals surface area contributed by atoms with Gasteiger partial charge in [-0.25, -0.2) is 4.39 Å². The highest BCUT2D eigenvalue weighted by atomic mass is 35.5. The van der Waals surface area contributed by atoms with E-state index >= 15 is 0 Å². The van der Waals surface area contributed by atoms with Gasteiger partial charge in [0.2, 0.25) is 5.91 Å². The van der Waals surface area contributed by atoms with E-state index in [1.165, 1.54) is 20.3 Å². The molecule has 1 aliphatic rings. The first-order valence-electron chi connectivity index (χ1n) is 7.02. The molecule has 0 saturated carbocycles. The van der Waals surface area contributed by atoms with E-state index in [-0.39, 0.29) is 24.4 Å². The maximum Gasteiger partial charge on any atom is 0.237 e. The Labute approximate surface area is 136 Å². The van der Waals surface area contributed by atoms with E-state index in [1.807, 2.05) is 0 Å². The fraction of sp³-hybridized carbons (Fsp3) is 0.533. The van der Waals surface area contributed by atoms with Gasteiger partial charge in [0.05, 0.1) is 26.3 Å².